The van der Waals surface area contributed by atoms with Crippen molar-refractivity contribution in [1.29, 1.82) is 0 Å². The quantitative estimate of drug-likeness (QED) is 0.629. The summed E-state index contributed by atoms with van der Waals surface area (Å²) in [7, 11) is -3.62. The molecule has 0 spiro atoms. The van der Waals surface area contributed by atoms with Crippen LogP contribution >= 0.6 is 11.6 Å². The van der Waals surface area contributed by atoms with Crippen molar-refractivity contribution in [2.75, 3.05) is 18.4 Å². The Kier molecular flexibility index (Phi) is 7.92. The molecule has 1 atom stereocenters. The zero-order chi connectivity index (χ0) is 23.3. The fourth-order valence-corrected chi connectivity index (χ4v) is 5.59. The summed E-state index contributed by atoms with van der Waals surface area (Å²) in [5.41, 5.74) is 1.80. The maximum atomic E-state index is 13.0. The van der Waals surface area contributed by atoms with E-state index in [-0.39, 0.29) is 23.1 Å². The molecule has 2 N–H and O–H groups in total. The average molecular weight is 478 g/mol. The first-order valence-electron chi connectivity index (χ1n) is 10.6. The molecule has 0 aliphatic carbocycles. The Labute approximate surface area is 194 Å². The summed E-state index contributed by atoms with van der Waals surface area (Å²) in [6, 6.07) is 11.2. The Hall–Kier alpha value is -2.42. The number of rotatable bonds is 7. The molecule has 3 rings (SSSR count). The third kappa shape index (κ3) is 5.88. The van der Waals surface area contributed by atoms with Gasteiger partial charge in [-0.05, 0) is 49.1 Å². The molecule has 7 nitrogen and oxygen atoms in total. The van der Waals surface area contributed by atoms with E-state index in [1.807, 2.05) is 0 Å². The number of nitrogens with zero attached hydrogens (tertiary/aromatic N) is 1. The van der Waals surface area contributed by atoms with Gasteiger partial charge in [-0.15, -0.1) is 0 Å². The number of hydrogen-bond donors (Lipinski definition) is 2. The molecule has 0 radical (unpaired) electrons. The summed E-state index contributed by atoms with van der Waals surface area (Å²) < 4.78 is 27.5. The van der Waals surface area contributed by atoms with Gasteiger partial charge in [0.05, 0.1) is 17.4 Å². The lowest BCUT2D eigenvalue weighted by Gasteiger charge is -2.26. The number of hydrogen-bond acceptors (Lipinski definition) is 4. The molecule has 1 heterocycles. The van der Waals surface area contributed by atoms with Crippen LogP contribution in [-0.2, 0) is 19.6 Å². The molecule has 32 heavy (non-hydrogen) atoms. The predicted octanol–water partition coefficient (Wildman–Crippen LogP) is 4.03. The van der Waals surface area contributed by atoms with Gasteiger partial charge in [-0.2, -0.15) is 4.31 Å². The molecule has 0 aromatic heterocycles. The molecule has 1 aliphatic heterocycles. The second-order valence-corrected chi connectivity index (χ2v) is 10.3. The van der Waals surface area contributed by atoms with Crippen molar-refractivity contribution in [3.63, 3.8) is 0 Å². The second kappa shape index (κ2) is 10.5. The number of carbonyl (C=O) groups excluding carboxylic acids is 2. The minimum Gasteiger partial charge on any atom is -0.349 e. The number of amides is 2. The van der Waals surface area contributed by atoms with Crippen LogP contribution in [0.5, 0.6) is 0 Å². The largest absolute Gasteiger partial charge is 0.349 e. The summed E-state index contributed by atoms with van der Waals surface area (Å²) in [5, 5.41) is 6.01. The third-order valence-electron chi connectivity index (χ3n) is 5.48. The molecule has 9 heteroatoms. The van der Waals surface area contributed by atoms with Crippen molar-refractivity contribution >= 4 is 39.1 Å². The molecule has 172 valence electrons. The molecule has 0 unspecified atom stereocenters. The molecular weight excluding hydrogens is 450 g/mol. The van der Waals surface area contributed by atoms with Gasteiger partial charge in [-0.3, -0.25) is 9.59 Å². The zero-order valence-electron chi connectivity index (χ0n) is 18.2. The van der Waals surface area contributed by atoms with Crippen LogP contribution in [0.4, 0.5) is 5.69 Å². The van der Waals surface area contributed by atoms with Gasteiger partial charge in [0, 0.05) is 30.7 Å². The molecule has 2 aromatic carbocycles. The predicted molar refractivity (Wildman–Crippen MR) is 125 cm³/mol. The van der Waals surface area contributed by atoms with Gasteiger partial charge in [0.15, 0.2) is 0 Å². The van der Waals surface area contributed by atoms with Crippen molar-refractivity contribution in [3.8, 4) is 0 Å². The standard InChI is InChI=1S/C23H28ClN3O4S/c1-16-10-11-18(32(30,31)27-12-6-3-7-13-27)14-21(16)26-23(29)15-22(25-17(2)28)19-8-4-5-9-20(19)24/h4-5,8-11,14,22H,3,6-7,12-13,15H2,1-2H3,(H,25,28)(H,26,29)/t22-/m1/s1. The van der Waals surface area contributed by atoms with Gasteiger partial charge in [-0.25, -0.2) is 8.42 Å². The number of benzene rings is 2. The van der Waals surface area contributed by atoms with Crippen LogP contribution < -0.4 is 10.6 Å². The van der Waals surface area contributed by atoms with Crippen molar-refractivity contribution in [3.05, 3.63) is 58.6 Å². The number of nitrogens with one attached hydrogen (secondary N) is 2. The number of anilines is 1. The lowest BCUT2D eigenvalue weighted by Crippen LogP contribution is -2.35. The van der Waals surface area contributed by atoms with E-state index in [0.29, 0.717) is 29.4 Å². The fraction of sp³-hybridized carbons (Fsp3) is 0.391. The SMILES string of the molecule is CC(=O)N[C@H](CC(=O)Nc1cc(S(=O)(=O)N2CCCCC2)ccc1C)c1ccccc1Cl. The highest BCUT2D eigenvalue weighted by Gasteiger charge is 2.27. The summed E-state index contributed by atoms with van der Waals surface area (Å²) in [6.45, 7) is 4.19. The van der Waals surface area contributed by atoms with Crippen LogP contribution in [0.25, 0.3) is 0 Å². The Morgan fingerprint density at radius 3 is 2.44 bits per heavy atom. The van der Waals surface area contributed by atoms with E-state index < -0.39 is 16.1 Å². The van der Waals surface area contributed by atoms with E-state index in [1.165, 1.54) is 17.3 Å². The van der Waals surface area contributed by atoms with E-state index in [4.69, 9.17) is 11.6 Å². The van der Waals surface area contributed by atoms with Crippen molar-refractivity contribution in [2.24, 2.45) is 0 Å². The summed E-state index contributed by atoms with van der Waals surface area (Å²) in [5.74, 6) is -0.646. The lowest BCUT2D eigenvalue weighted by molar-refractivity contribution is -0.120. The number of sulfonamides is 1. The van der Waals surface area contributed by atoms with E-state index in [1.54, 1.807) is 43.3 Å². The number of carbonyl (C=O) groups is 2. The van der Waals surface area contributed by atoms with Crippen molar-refractivity contribution < 1.29 is 18.0 Å². The van der Waals surface area contributed by atoms with Crippen LogP contribution in [0.1, 0.15) is 49.8 Å². The molecule has 1 saturated heterocycles. The summed E-state index contributed by atoms with van der Waals surface area (Å²) in [6.07, 6.45) is 2.68. The Bertz CT molecular complexity index is 1100. The number of aryl methyl sites for hydroxylation is 1. The van der Waals surface area contributed by atoms with Crippen LogP contribution in [-0.4, -0.2) is 37.6 Å². The first kappa shape index (κ1) is 24.2. The van der Waals surface area contributed by atoms with E-state index >= 15 is 0 Å². The Balaban J connectivity index is 1.80. The van der Waals surface area contributed by atoms with Crippen LogP contribution in [0.3, 0.4) is 0 Å². The first-order valence-corrected chi connectivity index (χ1v) is 12.4. The van der Waals surface area contributed by atoms with Gasteiger partial charge in [0.1, 0.15) is 0 Å². The molecule has 2 aromatic rings. The fourth-order valence-electron chi connectivity index (χ4n) is 3.78. The van der Waals surface area contributed by atoms with Gasteiger partial charge < -0.3 is 10.6 Å². The van der Waals surface area contributed by atoms with Crippen molar-refractivity contribution in [1.82, 2.24) is 9.62 Å². The summed E-state index contributed by atoms with van der Waals surface area (Å²) in [4.78, 5) is 24.7. The molecule has 0 bridgehead atoms. The maximum absolute atomic E-state index is 13.0. The number of halogens is 1. The highest BCUT2D eigenvalue weighted by atomic mass is 35.5. The monoisotopic (exact) mass is 477 g/mol. The topological polar surface area (TPSA) is 95.6 Å². The highest BCUT2D eigenvalue weighted by Crippen LogP contribution is 2.28. The average Bonchev–Trinajstić information content (AvgIpc) is 2.75. The van der Waals surface area contributed by atoms with E-state index in [9.17, 15) is 18.0 Å². The van der Waals surface area contributed by atoms with Crippen LogP contribution in [0, 0.1) is 6.92 Å². The molecular formula is C23H28ClN3O4S. The van der Waals surface area contributed by atoms with Gasteiger partial charge >= 0.3 is 0 Å². The molecule has 0 saturated carbocycles. The van der Waals surface area contributed by atoms with Gasteiger partial charge in [0.2, 0.25) is 21.8 Å². The Morgan fingerprint density at radius 1 is 1.09 bits per heavy atom. The molecule has 2 amide bonds. The second-order valence-electron chi connectivity index (χ2n) is 7.97. The molecule has 1 aliphatic rings. The minimum absolute atomic E-state index is 0.0497. The first-order chi connectivity index (χ1) is 15.2. The molecule has 1 fully saturated rings. The van der Waals surface area contributed by atoms with E-state index in [2.05, 4.69) is 10.6 Å². The normalized spacial score (nSPS) is 15.7. The third-order valence-corrected chi connectivity index (χ3v) is 7.72. The minimum atomic E-state index is -3.62. The van der Waals surface area contributed by atoms with Crippen LogP contribution in [0.2, 0.25) is 5.02 Å². The van der Waals surface area contributed by atoms with E-state index in [0.717, 1.165) is 24.8 Å². The number of piperidine rings is 1. The summed E-state index contributed by atoms with van der Waals surface area (Å²) >= 11 is 6.26. The lowest BCUT2D eigenvalue weighted by atomic mass is 10.0. The van der Waals surface area contributed by atoms with Gasteiger partial charge in [-0.1, -0.05) is 42.3 Å². The Morgan fingerprint density at radius 2 is 1.78 bits per heavy atom. The smallest absolute Gasteiger partial charge is 0.243 e. The zero-order valence-corrected chi connectivity index (χ0v) is 19.8. The highest BCUT2D eigenvalue weighted by molar-refractivity contribution is 7.89. The van der Waals surface area contributed by atoms with Gasteiger partial charge in [0.25, 0.3) is 0 Å². The van der Waals surface area contributed by atoms with Crippen molar-refractivity contribution in [2.45, 2.75) is 50.5 Å². The van der Waals surface area contributed by atoms with Crippen LogP contribution in [0.15, 0.2) is 47.4 Å². The maximum Gasteiger partial charge on any atom is 0.243 e.